The molecule has 3 rings (SSSR count). The highest BCUT2D eigenvalue weighted by molar-refractivity contribution is 7.18. The number of amides is 4. The molecule has 0 saturated carbocycles. The standard InChI is InChI=1S/C16H11ClN2O5S/c1-24-10-4-2-9(3-5-10)19-15(22)14(21)18(16(19)23)8-11(20)12-6-7-13(17)25-12/h2-7H,8H2,1H3. The third-order valence-corrected chi connectivity index (χ3v) is 4.81. The van der Waals surface area contributed by atoms with Crippen LogP contribution in [-0.4, -0.2) is 42.2 Å². The van der Waals surface area contributed by atoms with Crippen molar-refractivity contribution in [3.63, 3.8) is 0 Å². The molecule has 9 heteroatoms. The fraction of sp³-hybridized carbons (Fsp3) is 0.125. The lowest BCUT2D eigenvalue weighted by Gasteiger charge is -2.15. The number of halogens is 1. The van der Waals surface area contributed by atoms with Crippen molar-refractivity contribution in [3.05, 3.63) is 45.6 Å². The minimum atomic E-state index is -1.04. The number of ether oxygens (including phenoxy) is 1. The van der Waals surface area contributed by atoms with E-state index in [-0.39, 0.29) is 5.69 Å². The Morgan fingerprint density at radius 2 is 1.76 bits per heavy atom. The zero-order valence-corrected chi connectivity index (χ0v) is 14.5. The molecular formula is C16H11ClN2O5S. The zero-order chi connectivity index (χ0) is 18.1. The Morgan fingerprint density at radius 1 is 1.08 bits per heavy atom. The van der Waals surface area contributed by atoms with E-state index < -0.39 is 30.2 Å². The first-order valence-electron chi connectivity index (χ1n) is 7.05. The molecule has 0 N–H and O–H groups in total. The summed E-state index contributed by atoms with van der Waals surface area (Å²) in [5.41, 5.74) is 0.221. The number of rotatable bonds is 5. The predicted molar refractivity (Wildman–Crippen MR) is 91.2 cm³/mol. The molecule has 0 radical (unpaired) electrons. The molecule has 25 heavy (non-hydrogen) atoms. The number of nitrogens with zero attached hydrogens (tertiary/aromatic N) is 2. The Balaban J connectivity index is 1.82. The van der Waals surface area contributed by atoms with E-state index in [9.17, 15) is 19.2 Å². The second-order valence-corrected chi connectivity index (χ2v) is 6.75. The van der Waals surface area contributed by atoms with Crippen LogP contribution in [0.15, 0.2) is 36.4 Å². The average Bonchev–Trinajstić information content (AvgIpc) is 3.13. The number of carbonyl (C=O) groups is 4. The first-order valence-corrected chi connectivity index (χ1v) is 8.24. The van der Waals surface area contributed by atoms with Gasteiger partial charge >= 0.3 is 17.8 Å². The Morgan fingerprint density at radius 3 is 2.32 bits per heavy atom. The van der Waals surface area contributed by atoms with E-state index >= 15 is 0 Å². The van der Waals surface area contributed by atoms with Crippen molar-refractivity contribution in [2.24, 2.45) is 0 Å². The molecule has 0 bridgehead atoms. The van der Waals surface area contributed by atoms with Gasteiger partial charge in [0, 0.05) is 0 Å². The van der Waals surface area contributed by atoms with Gasteiger partial charge in [-0.25, -0.2) is 14.6 Å². The summed E-state index contributed by atoms with van der Waals surface area (Å²) >= 11 is 6.81. The van der Waals surface area contributed by atoms with Gasteiger partial charge in [-0.2, -0.15) is 0 Å². The smallest absolute Gasteiger partial charge is 0.339 e. The molecular weight excluding hydrogens is 368 g/mol. The number of anilines is 1. The summed E-state index contributed by atoms with van der Waals surface area (Å²) in [6.45, 7) is -0.521. The molecule has 1 aliphatic heterocycles. The largest absolute Gasteiger partial charge is 0.497 e. The third kappa shape index (κ3) is 3.13. The number of imide groups is 2. The Kier molecular flexibility index (Phi) is 4.56. The van der Waals surface area contributed by atoms with Gasteiger partial charge in [0.05, 0.1) is 28.6 Å². The van der Waals surface area contributed by atoms with Gasteiger partial charge < -0.3 is 4.74 Å². The van der Waals surface area contributed by atoms with E-state index in [2.05, 4.69) is 0 Å². The summed E-state index contributed by atoms with van der Waals surface area (Å²) in [5.74, 6) is -1.98. The predicted octanol–water partition coefficient (Wildman–Crippen LogP) is 2.59. The number of benzene rings is 1. The van der Waals surface area contributed by atoms with Crippen LogP contribution in [0, 0.1) is 0 Å². The van der Waals surface area contributed by atoms with Gasteiger partial charge in [-0.3, -0.25) is 14.4 Å². The van der Waals surface area contributed by atoms with Crippen LogP contribution in [0.25, 0.3) is 0 Å². The minimum Gasteiger partial charge on any atom is -0.497 e. The van der Waals surface area contributed by atoms with Crippen LogP contribution >= 0.6 is 22.9 Å². The van der Waals surface area contributed by atoms with Crippen molar-refractivity contribution < 1.29 is 23.9 Å². The van der Waals surface area contributed by atoms with Gasteiger partial charge in [0.25, 0.3) is 0 Å². The van der Waals surface area contributed by atoms with E-state index in [0.717, 1.165) is 16.2 Å². The van der Waals surface area contributed by atoms with Crippen LogP contribution in [0.4, 0.5) is 10.5 Å². The van der Waals surface area contributed by atoms with Crippen LogP contribution < -0.4 is 9.64 Å². The van der Waals surface area contributed by atoms with Crippen molar-refractivity contribution in [2.75, 3.05) is 18.6 Å². The van der Waals surface area contributed by atoms with Crippen molar-refractivity contribution in [2.45, 2.75) is 0 Å². The molecule has 0 unspecified atom stereocenters. The molecule has 1 aromatic carbocycles. The molecule has 1 saturated heterocycles. The van der Waals surface area contributed by atoms with Gasteiger partial charge in [-0.1, -0.05) is 11.6 Å². The molecule has 2 aromatic rings. The number of hydrogen-bond donors (Lipinski definition) is 0. The van der Waals surface area contributed by atoms with Crippen LogP contribution in [-0.2, 0) is 9.59 Å². The number of ketones is 1. The van der Waals surface area contributed by atoms with Crippen molar-refractivity contribution in [3.8, 4) is 5.75 Å². The molecule has 1 aliphatic rings. The maximum absolute atomic E-state index is 12.5. The first kappa shape index (κ1) is 17.1. The summed E-state index contributed by atoms with van der Waals surface area (Å²) in [7, 11) is 1.48. The van der Waals surface area contributed by atoms with Gasteiger partial charge in [-0.15, -0.1) is 11.3 Å². The number of hydrogen-bond acceptors (Lipinski definition) is 6. The molecule has 1 aromatic heterocycles. The van der Waals surface area contributed by atoms with E-state index in [4.69, 9.17) is 16.3 Å². The van der Waals surface area contributed by atoms with Gasteiger partial charge in [0.1, 0.15) is 5.75 Å². The Hall–Kier alpha value is -2.71. The first-order chi connectivity index (χ1) is 11.9. The lowest BCUT2D eigenvalue weighted by molar-refractivity contribution is -0.139. The summed E-state index contributed by atoms with van der Waals surface area (Å²) in [4.78, 5) is 50.6. The Labute approximate surface area is 151 Å². The topological polar surface area (TPSA) is 84.0 Å². The maximum Gasteiger partial charge on any atom is 0.339 e. The molecule has 1 fully saturated rings. The zero-order valence-electron chi connectivity index (χ0n) is 12.9. The molecule has 0 spiro atoms. The highest BCUT2D eigenvalue weighted by Crippen LogP contribution is 2.26. The fourth-order valence-electron chi connectivity index (χ4n) is 2.29. The van der Waals surface area contributed by atoms with Crippen LogP contribution in [0.3, 0.4) is 0 Å². The molecule has 0 aliphatic carbocycles. The van der Waals surface area contributed by atoms with E-state index in [0.29, 0.717) is 19.9 Å². The summed E-state index contributed by atoms with van der Waals surface area (Å²) in [6.07, 6.45) is 0. The number of methoxy groups -OCH3 is 1. The third-order valence-electron chi connectivity index (χ3n) is 3.53. The molecule has 2 heterocycles. The molecule has 4 amide bonds. The summed E-state index contributed by atoms with van der Waals surface area (Å²) in [6, 6.07) is 8.25. The maximum atomic E-state index is 12.5. The SMILES string of the molecule is COc1ccc(N2C(=O)C(=O)N(CC(=O)c3ccc(Cl)s3)C2=O)cc1. The second kappa shape index (κ2) is 6.66. The minimum absolute atomic E-state index is 0.221. The van der Waals surface area contributed by atoms with Gasteiger partial charge in [-0.05, 0) is 36.4 Å². The van der Waals surface area contributed by atoms with E-state index in [1.165, 1.54) is 25.3 Å². The number of Topliss-reactive ketones (excluding diaryl/α,β-unsaturated/α-hetero) is 1. The van der Waals surface area contributed by atoms with Crippen molar-refractivity contribution in [1.82, 2.24) is 4.90 Å². The summed E-state index contributed by atoms with van der Waals surface area (Å²) in [5, 5.41) is 0. The highest BCUT2D eigenvalue weighted by Gasteiger charge is 2.46. The lowest BCUT2D eigenvalue weighted by Crippen LogP contribution is -2.36. The van der Waals surface area contributed by atoms with Crippen molar-refractivity contribution in [1.29, 1.82) is 0 Å². The molecule has 128 valence electrons. The van der Waals surface area contributed by atoms with E-state index in [1.54, 1.807) is 18.2 Å². The van der Waals surface area contributed by atoms with Crippen molar-refractivity contribution >= 4 is 52.3 Å². The molecule has 0 atom stereocenters. The van der Waals surface area contributed by atoms with Gasteiger partial charge in [0.15, 0.2) is 5.78 Å². The van der Waals surface area contributed by atoms with Crippen LogP contribution in [0.5, 0.6) is 5.75 Å². The highest BCUT2D eigenvalue weighted by atomic mass is 35.5. The monoisotopic (exact) mass is 378 g/mol. The average molecular weight is 379 g/mol. The second-order valence-electron chi connectivity index (χ2n) is 5.04. The number of urea groups is 1. The number of carbonyl (C=O) groups excluding carboxylic acids is 4. The van der Waals surface area contributed by atoms with Crippen LogP contribution in [0.2, 0.25) is 4.34 Å². The quantitative estimate of drug-likeness (QED) is 0.453. The normalized spacial score (nSPS) is 14.4. The fourth-order valence-corrected chi connectivity index (χ4v) is 3.26. The number of thiophene rings is 1. The van der Waals surface area contributed by atoms with Gasteiger partial charge in [0.2, 0.25) is 0 Å². The lowest BCUT2D eigenvalue weighted by atomic mass is 10.3. The Bertz CT molecular complexity index is 877. The van der Waals surface area contributed by atoms with E-state index in [1.807, 2.05) is 0 Å². The van der Waals surface area contributed by atoms with Crippen LogP contribution in [0.1, 0.15) is 9.67 Å². The molecule has 7 nitrogen and oxygen atoms in total. The summed E-state index contributed by atoms with van der Waals surface area (Å²) < 4.78 is 5.43.